The zero-order valence-electron chi connectivity index (χ0n) is 11.4. The van der Waals surface area contributed by atoms with E-state index >= 15 is 0 Å². The Hall–Kier alpha value is -0.380. The lowest BCUT2D eigenvalue weighted by Crippen LogP contribution is -2.31. The fourth-order valence-corrected chi connectivity index (χ4v) is 2.66. The standard InChI is InChI=1S/C15H22BrNO/c1-11(12-4-6-13(16)7-5-12)17-10-14-8-9-15(2,3)18-14/h4-7,11,14,17H,8-10H2,1-3H3. The zero-order chi connectivity index (χ0) is 13.2. The average molecular weight is 312 g/mol. The molecular formula is C15H22BrNO. The third-order valence-electron chi connectivity index (χ3n) is 3.58. The molecule has 2 unspecified atom stereocenters. The van der Waals surface area contributed by atoms with Crippen LogP contribution in [0.3, 0.4) is 0 Å². The maximum atomic E-state index is 5.98. The van der Waals surface area contributed by atoms with Crippen LogP contribution < -0.4 is 5.32 Å². The van der Waals surface area contributed by atoms with E-state index in [1.165, 1.54) is 5.56 Å². The molecule has 18 heavy (non-hydrogen) atoms. The third kappa shape index (κ3) is 3.81. The van der Waals surface area contributed by atoms with Crippen LogP contribution in [0.1, 0.15) is 45.2 Å². The number of rotatable bonds is 4. The van der Waals surface area contributed by atoms with Gasteiger partial charge < -0.3 is 10.1 Å². The Labute approximate surface area is 118 Å². The predicted molar refractivity (Wildman–Crippen MR) is 78.7 cm³/mol. The highest BCUT2D eigenvalue weighted by Crippen LogP contribution is 2.29. The smallest absolute Gasteiger partial charge is 0.0708 e. The minimum atomic E-state index is 0.0627. The van der Waals surface area contributed by atoms with Gasteiger partial charge in [0, 0.05) is 17.1 Å². The topological polar surface area (TPSA) is 21.3 Å². The molecule has 0 aromatic heterocycles. The van der Waals surface area contributed by atoms with Gasteiger partial charge in [0.05, 0.1) is 11.7 Å². The summed E-state index contributed by atoms with van der Waals surface area (Å²) in [4.78, 5) is 0. The molecule has 3 heteroatoms. The van der Waals surface area contributed by atoms with Gasteiger partial charge in [0.2, 0.25) is 0 Å². The van der Waals surface area contributed by atoms with Gasteiger partial charge in [-0.15, -0.1) is 0 Å². The van der Waals surface area contributed by atoms with Gasteiger partial charge in [-0.1, -0.05) is 28.1 Å². The Morgan fingerprint density at radius 1 is 1.39 bits per heavy atom. The summed E-state index contributed by atoms with van der Waals surface area (Å²) in [5, 5.41) is 3.56. The number of benzene rings is 1. The van der Waals surface area contributed by atoms with Gasteiger partial charge in [-0.3, -0.25) is 0 Å². The van der Waals surface area contributed by atoms with Crippen molar-refractivity contribution in [2.24, 2.45) is 0 Å². The van der Waals surface area contributed by atoms with E-state index < -0.39 is 0 Å². The van der Waals surface area contributed by atoms with Gasteiger partial charge >= 0.3 is 0 Å². The number of nitrogens with one attached hydrogen (secondary N) is 1. The van der Waals surface area contributed by atoms with Crippen LogP contribution in [0.15, 0.2) is 28.7 Å². The van der Waals surface area contributed by atoms with Gasteiger partial charge in [0.25, 0.3) is 0 Å². The first kappa shape index (κ1) is 14.0. The van der Waals surface area contributed by atoms with E-state index in [4.69, 9.17) is 4.74 Å². The lowest BCUT2D eigenvalue weighted by Gasteiger charge is -2.21. The molecular weight excluding hydrogens is 290 g/mol. The maximum Gasteiger partial charge on any atom is 0.0708 e. The van der Waals surface area contributed by atoms with Crippen LogP contribution in [0.5, 0.6) is 0 Å². The molecule has 1 saturated heterocycles. The minimum Gasteiger partial charge on any atom is -0.371 e. The van der Waals surface area contributed by atoms with E-state index in [1.807, 2.05) is 0 Å². The van der Waals surface area contributed by atoms with E-state index in [9.17, 15) is 0 Å². The third-order valence-corrected chi connectivity index (χ3v) is 4.10. The Balaban J connectivity index is 1.82. The highest BCUT2D eigenvalue weighted by Gasteiger charge is 2.31. The minimum absolute atomic E-state index is 0.0627. The molecule has 1 aromatic carbocycles. The lowest BCUT2D eigenvalue weighted by molar-refractivity contribution is -0.0150. The molecule has 1 aromatic rings. The SMILES string of the molecule is CC(NCC1CCC(C)(C)O1)c1ccc(Br)cc1. The van der Waals surface area contributed by atoms with Crippen LogP contribution in [0.25, 0.3) is 0 Å². The van der Waals surface area contributed by atoms with Crippen LogP contribution in [-0.4, -0.2) is 18.2 Å². The quantitative estimate of drug-likeness (QED) is 0.905. The summed E-state index contributed by atoms with van der Waals surface area (Å²) >= 11 is 3.46. The first-order valence-corrected chi connectivity index (χ1v) is 7.42. The van der Waals surface area contributed by atoms with E-state index in [0.29, 0.717) is 12.1 Å². The summed E-state index contributed by atoms with van der Waals surface area (Å²) in [6, 6.07) is 8.85. The van der Waals surface area contributed by atoms with Crippen molar-refractivity contribution in [3.05, 3.63) is 34.3 Å². The number of halogens is 1. The van der Waals surface area contributed by atoms with Crippen molar-refractivity contribution in [2.75, 3.05) is 6.54 Å². The predicted octanol–water partition coefficient (Wildman–Crippen LogP) is 4.06. The van der Waals surface area contributed by atoms with Crippen LogP contribution in [-0.2, 0) is 4.74 Å². The van der Waals surface area contributed by atoms with Crippen molar-refractivity contribution in [1.82, 2.24) is 5.32 Å². The largest absolute Gasteiger partial charge is 0.371 e. The Morgan fingerprint density at radius 3 is 2.61 bits per heavy atom. The summed E-state index contributed by atoms with van der Waals surface area (Å²) in [7, 11) is 0. The van der Waals surface area contributed by atoms with Crippen LogP contribution in [0.2, 0.25) is 0 Å². The molecule has 0 spiro atoms. The number of ether oxygens (including phenoxy) is 1. The Bertz CT molecular complexity index is 388. The number of hydrogen-bond acceptors (Lipinski definition) is 2. The van der Waals surface area contributed by atoms with Gasteiger partial charge in [0.1, 0.15) is 0 Å². The van der Waals surface area contributed by atoms with Crippen molar-refractivity contribution in [1.29, 1.82) is 0 Å². The molecule has 1 fully saturated rings. The zero-order valence-corrected chi connectivity index (χ0v) is 13.0. The molecule has 1 aliphatic heterocycles. The molecule has 2 rings (SSSR count). The maximum absolute atomic E-state index is 5.98. The molecule has 2 atom stereocenters. The van der Waals surface area contributed by atoms with Gasteiger partial charge in [-0.05, 0) is 51.3 Å². The van der Waals surface area contributed by atoms with Crippen molar-refractivity contribution in [3.8, 4) is 0 Å². The fraction of sp³-hybridized carbons (Fsp3) is 0.600. The second-order valence-electron chi connectivity index (χ2n) is 5.72. The van der Waals surface area contributed by atoms with Crippen molar-refractivity contribution >= 4 is 15.9 Å². The van der Waals surface area contributed by atoms with Crippen molar-refractivity contribution < 1.29 is 4.74 Å². The summed E-state index contributed by atoms with van der Waals surface area (Å²) in [5.74, 6) is 0. The van der Waals surface area contributed by atoms with E-state index in [1.54, 1.807) is 0 Å². The van der Waals surface area contributed by atoms with Crippen molar-refractivity contribution in [3.63, 3.8) is 0 Å². The van der Waals surface area contributed by atoms with Gasteiger partial charge in [-0.25, -0.2) is 0 Å². The van der Waals surface area contributed by atoms with Crippen LogP contribution in [0, 0.1) is 0 Å². The van der Waals surface area contributed by atoms with Gasteiger partial charge in [0.15, 0.2) is 0 Å². The lowest BCUT2D eigenvalue weighted by atomic mass is 10.1. The second kappa shape index (κ2) is 5.72. The second-order valence-corrected chi connectivity index (χ2v) is 6.64. The molecule has 1 N–H and O–H groups in total. The summed E-state index contributed by atoms with van der Waals surface area (Å²) in [6.07, 6.45) is 2.68. The summed E-state index contributed by atoms with van der Waals surface area (Å²) in [6.45, 7) is 7.47. The fourth-order valence-electron chi connectivity index (χ4n) is 2.40. The average Bonchev–Trinajstić information content (AvgIpc) is 2.67. The highest BCUT2D eigenvalue weighted by atomic mass is 79.9. The molecule has 0 amide bonds. The summed E-state index contributed by atoms with van der Waals surface area (Å²) < 4.78 is 7.11. The molecule has 0 bridgehead atoms. The molecule has 2 nitrogen and oxygen atoms in total. The van der Waals surface area contributed by atoms with E-state index in [-0.39, 0.29) is 5.60 Å². The molecule has 1 aliphatic rings. The molecule has 0 saturated carbocycles. The molecule has 1 heterocycles. The van der Waals surface area contributed by atoms with E-state index in [2.05, 4.69) is 66.3 Å². The van der Waals surface area contributed by atoms with Crippen LogP contribution >= 0.6 is 15.9 Å². The van der Waals surface area contributed by atoms with Gasteiger partial charge in [-0.2, -0.15) is 0 Å². The molecule has 100 valence electrons. The first-order chi connectivity index (χ1) is 8.46. The molecule has 0 aliphatic carbocycles. The normalized spacial score (nSPS) is 24.1. The monoisotopic (exact) mass is 311 g/mol. The number of hydrogen-bond donors (Lipinski definition) is 1. The van der Waals surface area contributed by atoms with Crippen LogP contribution in [0.4, 0.5) is 0 Å². The van der Waals surface area contributed by atoms with Crippen molar-refractivity contribution in [2.45, 2.75) is 51.4 Å². The van der Waals surface area contributed by atoms with E-state index in [0.717, 1.165) is 23.9 Å². The summed E-state index contributed by atoms with van der Waals surface area (Å²) in [5.41, 5.74) is 1.38. The Morgan fingerprint density at radius 2 is 2.06 bits per heavy atom. The Kier molecular flexibility index (Phi) is 4.46. The first-order valence-electron chi connectivity index (χ1n) is 6.63. The molecule has 0 radical (unpaired) electrons. The highest BCUT2D eigenvalue weighted by molar-refractivity contribution is 9.10.